The van der Waals surface area contributed by atoms with E-state index in [1.165, 1.54) is 0 Å². The summed E-state index contributed by atoms with van der Waals surface area (Å²) in [4.78, 5) is 0. The second-order valence-electron chi connectivity index (χ2n) is 4.79. The normalized spacial score (nSPS) is 24.2. The highest BCUT2D eigenvalue weighted by atomic mass is 16.5. The summed E-state index contributed by atoms with van der Waals surface area (Å²) in [5.74, 6) is 0. The molecule has 1 heterocycles. The third-order valence-corrected chi connectivity index (χ3v) is 3.70. The van der Waals surface area contributed by atoms with Crippen LogP contribution in [0.4, 0.5) is 0 Å². The van der Waals surface area contributed by atoms with Gasteiger partial charge in [0.05, 0.1) is 12.7 Å². The van der Waals surface area contributed by atoms with E-state index in [9.17, 15) is 5.26 Å². The molecule has 3 heteroatoms. The Kier molecular flexibility index (Phi) is 2.63. The highest BCUT2D eigenvalue weighted by molar-refractivity contribution is 5.47. The Morgan fingerprint density at radius 1 is 0.947 bits per heavy atom. The van der Waals surface area contributed by atoms with Crippen molar-refractivity contribution in [3.63, 3.8) is 0 Å². The highest BCUT2D eigenvalue weighted by Crippen LogP contribution is 2.48. The number of rotatable bonds is 2. The Hall–Kier alpha value is -2.15. The van der Waals surface area contributed by atoms with Crippen LogP contribution < -0.4 is 5.73 Å². The predicted octanol–water partition coefficient (Wildman–Crippen LogP) is 2.18. The van der Waals surface area contributed by atoms with E-state index in [1.807, 2.05) is 60.7 Å². The predicted molar refractivity (Wildman–Crippen MR) is 72.1 cm³/mol. The molecule has 1 unspecified atom stereocenters. The van der Waals surface area contributed by atoms with Gasteiger partial charge < -0.3 is 10.5 Å². The van der Waals surface area contributed by atoms with Crippen LogP contribution in [0.15, 0.2) is 60.7 Å². The molecule has 1 atom stereocenters. The number of hydrogen-bond donors (Lipinski definition) is 1. The van der Waals surface area contributed by atoms with Crippen molar-refractivity contribution in [3.05, 3.63) is 71.8 Å². The standard InChI is InChI=1S/C16H14N2O/c17-11-15(18)12-19-16(15,13-7-3-1-4-8-13)14-9-5-2-6-10-14/h1-10H,12,18H2. The average molecular weight is 250 g/mol. The summed E-state index contributed by atoms with van der Waals surface area (Å²) >= 11 is 0. The van der Waals surface area contributed by atoms with Crippen molar-refractivity contribution in [2.75, 3.05) is 6.61 Å². The molecule has 0 spiro atoms. The van der Waals surface area contributed by atoms with Gasteiger partial charge in [-0.1, -0.05) is 60.7 Å². The minimum Gasteiger partial charge on any atom is -0.359 e. The number of benzene rings is 2. The zero-order chi connectivity index (χ0) is 13.3. The Morgan fingerprint density at radius 2 is 1.42 bits per heavy atom. The van der Waals surface area contributed by atoms with Gasteiger partial charge in [0, 0.05) is 0 Å². The van der Waals surface area contributed by atoms with Crippen molar-refractivity contribution in [1.29, 1.82) is 5.26 Å². The molecule has 1 aliphatic rings. The van der Waals surface area contributed by atoms with E-state index in [0.29, 0.717) is 0 Å². The molecule has 0 aliphatic carbocycles. The summed E-state index contributed by atoms with van der Waals surface area (Å²) in [5.41, 5.74) is 6.18. The minimum atomic E-state index is -1.03. The third kappa shape index (κ3) is 1.51. The number of nitrogens with zero attached hydrogens (tertiary/aromatic N) is 1. The quantitative estimate of drug-likeness (QED) is 0.888. The van der Waals surface area contributed by atoms with Gasteiger partial charge in [-0.2, -0.15) is 5.26 Å². The number of nitrogens with two attached hydrogens (primary N) is 1. The fourth-order valence-corrected chi connectivity index (χ4v) is 2.68. The molecule has 0 amide bonds. The molecular weight excluding hydrogens is 236 g/mol. The molecule has 0 radical (unpaired) electrons. The fraction of sp³-hybridized carbons (Fsp3) is 0.188. The van der Waals surface area contributed by atoms with Crippen molar-refractivity contribution in [3.8, 4) is 6.07 Å². The van der Waals surface area contributed by atoms with Crippen molar-refractivity contribution in [2.24, 2.45) is 5.73 Å². The maximum atomic E-state index is 9.45. The highest BCUT2D eigenvalue weighted by Gasteiger charge is 2.61. The van der Waals surface area contributed by atoms with E-state index < -0.39 is 11.1 Å². The van der Waals surface area contributed by atoms with E-state index in [4.69, 9.17) is 10.5 Å². The molecule has 2 aromatic carbocycles. The van der Waals surface area contributed by atoms with Crippen LogP contribution in [-0.2, 0) is 10.3 Å². The summed E-state index contributed by atoms with van der Waals surface area (Å²) in [5, 5.41) is 9.45. The number of hydrogen-bond acceptors (Lipinski definition) is 3. The van der Waals surface area contributed by atoms with Gasteiger partial charge in [0.15, 0.2) is 11.1 Å². The van der Waals surface area contributed by atoms with Gasteiger partial charge in [-0.05, 0) is 11.1 Å². The number of nitriles is 1. The Balaban J connectivity index is 2.22. The van der Waals surface area contributed by atoms with Gasteiger partial charge in [0.25, 0.3) is 0 Å². The smallest absolute Gasteiger partial charge is 0.165 e. The van der Waals surface area contributed by atoms with E-state index in [1.54, 1.807) is 0 Å². The van der Waals surface area contributed by atoms with E-state index in [2.05, 4.69) is 6.07 Å². The van der Waals surface area contributed by atoms with Crippen molar-refractivity contribution >= 4 is 0 Å². The van der Waals surface area contributed by atoms with Gasteiger partial charge in [0.1, 0.15) is 0 Å². The lowest BCUT2D eigenvalue weighted by Gasteiger charge is -2.53. The summed E-state index contributed by atoms with van der Waals surface area (Å²) in [6.45, 7) is 0.243. The molecule has 1 aliphatic heterocycles. The van der Waals surface area contributed by atoms with Crippen LogP contribution in [0.5, 0.6) is 0 Å². The van der Waals surface area contributed by atoms with Crippen LogP contribution in [0.1, 0.15) is 11.1 Å². The van der Waals surface area contributed by atoms with Gasteiger partial charge >= 0.3 is 0 Å². The summed E-state index contributed by atoms with van der Waals surface area (Å²) in [7, 11) is 0. The summed E-state index contributed by atoms with van der Waals surface area (Å²) < 4.78 is 5.85. The van der Waals surface area contributed by atoms with Crippen molar-refractivity contribution < 1.29 is 4.74 Å². The van der Waals surface area contributed by atoms with Crippen LogP contribution in [0.2, 0.25) is 0 Å². The van der Waals surface area contributed by atoms with Gasteiger partial charge in [0.2, 0.25) is 0 Å². The molecule has 2 N–H and O–H groups in total. The van der Waals surface area contributed by atoms with Crippen LogP contribution in [0.3, 0.4) is 0 Å². The fourth-order valence-electron chi connectivity index (χ4n) is 2.68. The monoisotopic (exact) mass is 250 g/mol. The second-order valence-corrected chi connectivity index (χ2v) is 4.79. The van der Waals surface area contributed by atoms with Crippen LogP contribution in [-0.4, -0.2) is 12.1 Å². The molecule has 3 nitrogen and oxygen atoms in total. The van der Waals surface area contributed by atoms with Crippen LogP contribution >= 0.6 is 0 Å². The molecule has 2 aromatic rings. The third-order valence-electron chi connectivity index (χ3n) is 3.70. The Labute approximate surface area is 112 Å². The Bertz CT molecular complexity index is 579. The molecule has 1 saturated heterocycles. The van der Waals surface area contributed by atoms with Crippen molar-refractivity contribution in [2.45, 2.75) is 11.1 Å². The first-order valence-electron chi connectivity index (χ1n) is 6.18. The second kappa shape index (κ2) is 4.20. The molecule has 19 heavy (non-hydrogen) atoms. The molecule has 94 valence electrons. The van der Waals surface area contributed by atoms with Gasteiger partial charge in [-0.3, -0.25) is 0 Å². The lowest BCUT2D eigenvalue weighted by atomic mass is 9.68. The molecule has 0 saturated carbocycles. The SMILES string of the molecule is N#CC1(N)COC1(c1ccccc1)c1ccccc1. The maximum absolute atomic E-state index is 9.45. The zero-order valence-electron chi connectivity index (χ0n) is 10.4. The minimum absolute atomic E-state index is 0.243. The maximum Gasteiger partial charge on any atom is 0.165 e. The van der Waals surface area contributed by atoms with Crippen LogP contribution in [0.25, 0.3) is 0 Å². The molecule has 0 aromatic heterocycles. The zero-order valence-corrected chi connectivity index (χ0v) is 10.4. The molecule has 1 fully saturated rings. The molecule has 0 bridgehead atoms. The van der Waals surface area contributed by atoms with Gasteiger partial charge in [-0.15, -0.1) is 0 Å². The van der Waals surface area contributed by atoms with E-state index in [-0.39, 0.29) is 6.61 Å². The van der Waals surface area contributed by atoms with Crippen molar-refractivity contribution in [1.82, 2.24) is 0 Å². The topological polar surface area (TPSA) is 59.0 Å². The number of ether oxygens (including phenoxy) is 1. The lowest BCUT2D eigenvalue weighted by molar-refractivity contribution is -0.176. The first-order chi connectivity index (χ1) is 9.23. The largest absolute Gasteiger partial charge is 0.359 e. The van der Waals surface area contributed by atoms with Crippen LogP contribution in [0, 0.1) is 11.3 Å². The van der Waals surface area contributed by atoms with E-state index >= 15 is 0 Å². The lowest BCUT2D eigenvalue weighted by Crippen LogP contribution is -2.71. The molecule has 3 rings (SSSR count). The summed E-state index contributed by atoms with van der Waals surface area (Å²) in [6, 6.07) is 21.6. The first-order valence-corrected chi connectivity index (χ1v) is 6.18. The average Bonchev–Trinajstić information content (AvgIpc) is 2.48. The van der Waals surface area contributed by atoms with E-state index in [0.717, 1.165) is 11.1 Å². The van der Waals surface area contributed by atoms with Gasteiger partial charge in [-0.25, -0.2) is 0 Å². The Morgan fingerprint density at radius 3 is 1.74 bits per heavy atom. The first kappa shape index (κ1) is 11.9. The molecular formula is C16H14N2O. The summed E-state index contributed by atoms with van der Waals surface area (Å²) in [6.07, 6.45) is 0.